The summed E-state index contributed by atoms with van der Waals surface area (Å²) in [6.07, 6.45) is 2.27. The van der Waals surface area contributed by atoms with Crippen molar-refractivity contribution in [3.8, 4) is 0 Å². The van der Waals surface area contributed by atoms with Gasteiger partial charge in [-0.15, -0.1) is 5.10 Å². The molecule has 7 nitrogen and oxygen atoms in total. The SMILES string of the molecule is CN(C(=O)CSc1nnnn1CC1CCCO1)c1ccccc1. The van der Waals surface area contributed by atoms with E-state index in [1.807, 2.05) is 30.3 Å². The third-order valence-corrected chi connectivity index (χ3v) is 4.68. The Hall–Kier alpha value is -1.93. The number of carbonyl (C=O) groups is 1. The molecule has 0 spiro atoms. The number of aromatic nitrogens is 4. The van der Waals surface area contributed by atoms with Crippen molar-refractivity contribution in [2.24, 2.45) is 0 Å². The van der Waals surface area contributed by atoms with Crippen molar-refractivity contribution in [1.29, 1.82) is 0 Å². The summed E-state index contributed by atoms with van der Waals surface area (Å²) in [5.41, 5.74) is 0.872. The molecule has 0 radical (unpaired) electrons. The van der Waals surface area contributed by atoms with Crippen LogP contribution in [0.4, 0.5) is 5.69 Å². The molecule has 1 amide bonds. The molecule has 1 aromatic heterocycles. The van der Waals surface area contributed by atoms with Crippen LogP contribution in [0, 0.1) is 0 Å². The van der Waals surface area contributed by atoms with Gasteiger partial charge in [0.25, 0.3) is 0 Å². The summed E-state index contributed by atoms with van der Waals surface area (Å²) >= 11 is 1.35. The van der Waals surface area contributed by atoms with Gasteiger partial charge in [-0.1, -0.05) is 30.0 Å². The quantitative estimate of drug-likeness (QED) is 0.748. The van der Waals surface area contributed by atoms with Gasteiger partial charge in [0, 0.05) is 19.3 Å². The first-order chi connectivity index (χ1) is 11.2. The van der Waals surface area contributed by atoms with Gasteiger partial charge < -0.3 is 9.64 Å². The molecule has 122 valence electrons. The number of hydrogen-bond donors (Lipinski definition) is 0. The van der Waals surface area contributed by atoms with Crippen molar-refractivity contribution < 1.29 is 9.53 Å². The lowest BCUT2D eigenvalue weighted by Crippen LogP contribution is -2.28. The fourth-order valence-electron chi connectivity index (χ4n) is 2.41. The number of para-hydroxylation sites is 1. The van der Waals surface area contributed by atoms with Crippen LogP contribution in [0.5, 0.6) is 0 Å². The van der Waals surface area contributed by atoms with Gasteiger partial charge >= 0.3 is 0 Å². The standard InChI is InChI=1S/C15H19N5O2S/c1-19(12-6-3-2-4-7-12)14(21)11-23-15-16-17-18-20(15)10-13-8-5-9-22-13/h2-4,6-7,13H,5,8-11H2,1H3. The lowest BCUT2D eigenvalue weighted by Gasteiger charge is -2.16. The van der Waals surface area contributed by atoms with Crippen LogP contribution in [0.3, 0.4) is 0 Å². The van der Waals surface area contributed by atoms with Crippen molar-refractivity contribution in [1.82, 2.24) is 20.2 Å². The molecule has 23 heavy (non-hydrogen) atoms. The highest BCUT2D eigenvalue weighted by atomic mass is 32.2. The van der Waals surface area contributed by atoms with E-state index in [2.05, 4.69) is 15.5 Å². The van der Waals surface area contributed by atoms with Crippen LogP contribution < -0.4 is 4.90 Å². The molecular weight excluding hydrogens is 314 g/mol. The number of amides is 1. The highest BCUT2D eigenvalue weighted by molar-refractivity contribution is 7.99. The highest BCUT2D eigenvalue weighted by Gasteiger charge is 2.20. The molecule has 0 bridgehead atoms. The molecule has 1 atom stereocenters. The minimum Gasteiger partial charge on any atom is -0.376 e. The summed E-state index contributed by atoms with van der Waals surface area (Å²) in [7, 11) is 1.77. The molecule has 2 heterocycles. The van der Waals surface area contributed by atoms with Crippen molar-refractivity contribution in [2.45, 2.75) is 30.6 Å². The number of rotatable bonds is 6. The van der Waals surface area contributed by atoms with Crippen LogP contribution in [-0.2, 0) is 16.1 Å². The Balaban J connectivity index is 1.56. The Morgan fingerprint density at radius 3 is 3.00 bits per heavy atom. The number of anilines is 1. The van der Waals surface area contributed by atoms with Crippen LogP contribution in [0.1, 0.15) is 12.8 Å². The van der Waals surface area contributed by atoms with Crippen LogP contribution in [0.15, 0.2) is 35.5 Å². The zero-order valence-electron chi connectivity index (χ0n) is 13.0. The zero-order valence-corrected chi connectivity index (χ0v) is 13.8. The topological polar surface area (TPSA) is 73.1 Å². The Morgan fingerprint density at radius 2 is 2.26 bits per heavy atom. The van der Waals surface area contributed by atoms with Crippen LogP contribution in [0.25, 0.3) is 0 Å². The number of carbonyl (C=O) groups excluding carboxylic acids is 1. The van der Waals surface area contributed by atoms with Gasteiger partial charge in [0.2, 0.25) is 11.1 Å². The molecule has 1 aliphatic rings. The number of hydrogen-bond acceptors (Lipinski definition) is 6. The molecule has 1 aromatic carbocycles. The summed E-state index contributed by atoms with van der Waals surface area (Å²) in [6, 6.07) is 9.56. The van der Waals surface area contributed by atoms with Crippen molar-refractivity contribution in [2.75, 3.05) is 24.3 Å². The third kappa shape index (κ3) is 4.08. The predicted octanol–water partition coefficient (Wildman–Crippen LogP) is 1.61. The van der Waals surface area contributed by atoms with E-state index in [0.29, 0.717) is 11.7 Å². The molecule has 1 unspecified atom stereocenters. The van der Waals surface area contributed by atoms with Crippen molar-refractivity contribution in [3.63, 3.8) is 0 Å². The van der Waals surface area contributed by atoms with Crippen LogP contribution >= 0.6 is 11.8 Å². The van der Waals surface area contributed by atoms with Gasteiger partial charge in [-0.05, 0) is 35.4 Å². The van der Waals surface area contributed by atoms with E-state index in [0.717, 1.165) is 25.1 Å². The lowest BCUT2D eigenvalue weighted by atomic mass is 10.2. The first-order valence-electron chi connectivity index (χ1n) is 7.56. The molecule has 0 saturated carbocycles. The number of tetrazole rings is 1. The first kappa shape index (κ1) is 15.9. The molecule has 1 saturated heterocycles. The third-order valence-electron chi connectivity index (χ3n) is 3.74. The van der Waals surface area contributed by atoms with Gasteiger partial charge in [-0.25, -0.2) is 4.68 Å². The molecule has 0 aliphatic carbocycles. The lowest BCUT2D eigenvalue weighted by molar-refractivity contribution is -0.115. The van der Waals surface area contributed by atoms with E-state index in [1.165, 1.54) is 11.8 Å². The predicted molar refractivity (Wildman–Crippen MR) is 87.4 cm³/mol. The van der Waals surface area contributed by atoms with E-state index in [9.17, 15) is 4.79 Å². The summed E-state index contributed by atoms with van der Waals surface area (Å²) < 4.78 is 7.32. The largest absolute Gasteiger partial charge is 0.376 e. The van der Waals surface area contributed by atoms with E-state index in [-0.39, 0.29) is 17.8 Å². The van der Waals surface area contributed by atoms with E-state index in [1.54, 1.807) is 16.6 Å². The van der Waals surface area contributed by atoms with Crippen molar-refractivity contribution >= 4 is 23.4 Å². The molecule has 2 aromatic rings. The van der Waals surface area contributed by atoms with Gasteiger partial charge in [0.1, 0.15) is 0 Å². The molecule has 1 fully saturated rings. The molecule has 0 N–H and O–H groups in total. The maximum atomic E-state index is 12.3. The summed E-state index contributed by atoms with van der Waals surface area (Å²) in [5, 5.41) is 12.3. The number of benzene rings is 1. The Morgan fingerprint density at radius 1 is 1.43 bits per heavy atom. The summed E-state index contributed by atoms with van der Waals surface area (Å²) in [4.78, 5) is 13.9. The second-order valence-electron chi connectivity index (χ2n) is 5.36. The van der Waals surface area contributed by atoms with E-state index < -0.39 is 0 Å². The van der Waals surface area contributed by atoms with E-state index in [4.69, 9.17) is 4.74 Å². The smallest absolute Gasteiger partial charge is 0.237 e. The molecule has 1 aliphatic heterocycles. The second-order valence-corrected chi connectivity index (χ2v) is 6.30. The minimum atomic E-state index is 0.00728. The fourth-order valence-corrected chi connectivity index (χ4v) is 3.21. The summed E-state index contributed by atoms with van der Waals surface area (Å²) in [6.45, 7) is 1.44. The fraction of sp³-hybridized carbons (Fsp3) is 0.467. The van der Waals surface area contributed by atoms with E-state index >= 15 is 0 Å². The van der Waals surface area contributed by atoms with Gasteiger partial charge in [0.05, 0.1) is 18.4 Å². The Kier molecular flexibility index (Phi) is 5.24. The minimum absolute atomic E-state index is 0.00728. The molecule has 3 rings (SSSR count). The average molecular weight is 333 g/mol. The normalized spacial score (nSPS) is 17.3. The average Bonchev–Trinajstić information content (AvgIpc) is 3.25. The van der Waals surface area contributed by atoms with Gasteiger partial charge in [0.15, 0.2) is 0 Å². The van der Waals surface area contributed by atoms with Gasteiger partial charge in [-0.2, -0.15) is 0 Å². The Labute approximate surface area is 139 Å². The van der Waals surface area contributed by atoms with Crippen LogP contribution in [-0.4, -0.2) is 51.6 Å². The number of ether oxygens (including phenoxy) is 1. The number of thioether (sulfide) groups is 1. The maximum absolute atomic E-state index is 12.3. The monoisotopic (exact) mass is 333 g/mol. The zero-order chi connectivity index (χ0) is 16.1. The highest BCUT2D eigenvalue weighted by Crippen LogP contribution is 2.20. The molecule has 8 heteroatoms. The number of nitrogens with zero attached hydrogens (tertiary/aromatic N) is 5. The second kappa shape index (κ2) is 7.56. The Bertz CT molecular complexity index is 642. The van der Waals surface area contributed by atoms with Crippen molar-refractivity contribution in [3.05, 3.63) is 30.3 Å². The first-order valence-corrected chi connectivity index (χ1v) is 8.55. The maximum Gasteiger partial charge on any atom is 0.237 e. The molecular formula is C15H19N5O2S. The summed E-state index contributed by atoms with van der Waals surface area (Å²) in [5.74, 6) is 0.296. The van der Waals surface area contributed by atoms with Crippen LogP contribution in [0.2, 0.25) is 0 Å². The van der Waals surface area contributed by atoms with Gasteiger partial charge in [-0.3, -0.25) is 4.79 Å².